The minimum absolute atomic E-state index is 0.399. The molecule has 3 fully saturated rings. The zero-order valence-electron chi connectivity index (χ0n) is 11.9. The Labute approximate surface area is 111 Å². The van der Waals surface area contributed by atoms with Crippen LogP contribution in [0.1, 0.15) is 39.5 Å². The van der Waals surface area contributed by atoms with Gasteiger partial charge in [-0.2, -0.15) is 0 Å². The standard InChI is InChI=1S/C15H28N2O/c1-11-9-17(10-12(2)18-11)8-7-16-15(13-3-4-13)14-5-6-14/h11-16H,3-10H2,1-2H3. The molecule has 0 aromatic heterocycles. The third-order valence-corrected chi connectivity index (χ3v) is 4.56. The molecule has 18 heavy (non-hydrogen) atoms. The van der Waals surface area contributed by atoms with E-state index in [1.807, 2.05) is 0 Å². The molecule has 3 nitrogen and oxygen atoms in total. The fourth-order valence-electron chi connectivity index (χ4n) is 3.49. The number of rotatable bonds is 6. The summed E-state index contributed by atoms with van der Waals surface area (Å²) in [6.45, 7) is 8.93. The van der Waals surface area contributed by atoms with E-state index in [0.717, 1.165) is 37.5 Å². The van der Waals surface area contributed by atoms with Crippen molar-refractivity contribution in [2.75, 3.05) is 26.2 Å². The first-order valence-corrected chi connectivity index (χ1v) is 7.83. The Morgan fingerprint density at radius 1 is 1.06 bits per heavy atom. The SMILES string of the molecule is CC1CN(CCNC(C2CC2)C2CC2)CC(C)O1. The summed E-state index contributed by atoms with van der Waals surface area (Å²) in [5.41, 5.74) is 0. The summed E-state index contributed by atoms with van der Waals surface area (Å²) in [7, 11) is 0. The van der Waals surface area contributed by atoms with Crippen molar-refractivity contribution in [3.8, 4) is 0 Å². The van der Waals surface area contributed by atoms with E-state index in [1.54, 1.807) is 0 Å². The molecule has 2 aliphatic carbocycles. The smallest absolute Gasteiger partial charge is 0.0678 e. The molecule has 0 bridgehead atoms. The highest BCUT2D eigenvalue weighted by Gasteiger charge is 2.40. The van der Waals surface area contributed by atoms with Crippen molar-refractivity contribution in [3.05, 3.63) is 0 Å². The molecule has 1 N–H and O–H groups in total. The van der Waals surface area contributed by atoms with E-state index >= 15 is 0 Å². The highest BCUT2D eigenvalue weighted by Crippen LogP contribution is 2.44. The summed E-state index contributed by atoms with van der Waals surface area (Å²) in [5.74, 6) is 2.03. The molecule has 0 radical (unpaired) electrons. The molecule has 1 aliphatic heterocycles. The van der Waals surface area contributed by atoms with E-state index in [4.69, 9.17) is 4.74 Å². The van der Waals surface area contributed by atoms with Crippen LogP contribution >= 0.6 is 0 Å². The van der Waals surface area contributed by atoms with Crippen LogP contribution in [-0.2, 0) is 4.74 Å². The molecule has 0 amide bonds. The molecule has 104 valence electrons. The van der Waals surface area contributed by atoms with Gasteiger partial charge in [-0.3, -0.25) is 4.90 Å². The normalized spacial score (nSPS) is 34.2. The van der Waals surface area contributed by atoms with Crippen molar-refractivity contribution in [1.29, 1.82) is 0 Å². The summed E-state index contributed by atoms with van der Waals surface area (Å²) in [6, 6.07) is 0.848. The molecule has 3 rings (SSSR count). The first-order valence-electron chi connectivity index (χ1n) is 7.83. The summed E-state index contributed by atoms with van der Waals surface area (Å²) >= 11 is 0. The van der Waals surface area contributed by atoms with Crippen molar-refractivity contribution in [1.82, 2.24) is 10.2 Å². The lowest BCUT2D eigenvalue weighted by Gasteiger charge is -2.35. The summed E-state index contributed by atoms with van der Waals surface area (Å²) in [4.78, 5) is 2.56. The van der Waals surface area contributed by atoms with Crippen LogP contribution in [0.15, 0.2) is 0 Å². The van der Waals surface area contributed by atoms with Gasteiger partial charge in [-0.25, -0.2) is 0 Å². The van der Waals surface area contributed by atoms with Gasteiger partial charge >= 0.3 is 0 Å². The van der Waals surface area contributed by atoms with Gasteiger partial charge in [-0.1, -0.05) is 0 Å². The van der Waals surface area contributed by atoms with Crippen molar-refractivity contribution < 1.29 is 4.74 Å². The van der Waals surface area contributed by atoms with Gasteiger partial charge in [-0.05, 0) is 51.4 Å². The van der Waals surface area contributed by atoms with Crippen molar-refractivity contribution in [3.63, 3.8) is 0 Å². The Hall–Kier alpha value is -0.120. The first kappa shape index (κ1) is 12.9. The van der Waals surface area contributed by atoms with Gasteiger partial charge in [0.25, 0.3) is 0 Å². The quantitative estimate of drug-likeness (QED) is 0.781. The summed E-state index contributed by atoms with van der Waals surface area (Å²) in [6.07, 6.45) is 6.69. The Balaban J connectivity index is 1.38. The zero-order valence-corrected chi connectivity index (χ0v) is 11.9. The average molecular weight is 252 g/mol. The third-order valence-electron chi connectivity index (χ3n) is 4.56. The van der Waals surface area contributed by atoms with Crippen molar-refractivity contribution in [2.24, 2.45) is 11.8 Å². The predicted octanol–water partition coefficient (Wildman–Crippen LogP) is 1.87. The van der Waals surface area contributed by atoms with Crippen LogP contribution < -0.4 is 5.32 Å². The number of nitrogens with zero attached hydrogens (tertiary/aromatic N) is 1. The number of ether oxygens (including phenoxy) is 1. The van der Waals surface area contributed by atoms with Gasteiger partial charge < -0.3 is 10.1 Å². The molecular weight excluding hydrogens is 224 g/mol. The second kappa shape index (κ2) is 5.48. The van der Waals surface area contributed by atoms with E-state index in [-0.39, 0.29) is 0 Å². The monoisotopic (exact) mass is 252 g/mol. The molecule has 3 aliphatic rings. The summed E-state index contributed by atoms with van der Waals surface area (Å²) in [5, 5.41) is 3.84. The van der Waals surface area contributed by atoms with Crippen LogP contribution in [-0.4, -0.2) is 49.3 Å². The number of morpholine rings is 1. The molecule has 2 saturated carbocycles. The Bertz CT molecular complexity index is 254. The fourth-order valence-corrected chi connectivity index (χ4v) is 3.49. The van der Waals surface area contributed by atoms with Crippen LogP contribution in [0.25, 0.3) is 0 Å². The summed E-state index contributed by atoms with van der Waals surface area (Å²) < 4.78 is 5.78. The van der Waals surface area contributed by atoms with E-state index in [0.29, 0.717) is 12.2 Å². The second-order valence-corrected chi connectivity index (χ2v) is 6.67. The molecule has 1 saturated heterocycles. The molecular formula is C15H28N2O. The van der Waals surface area contributed by atoms with Gasteiger partial charge in [0.05, 0.1) is 12.2 Å². The van der Waals surface area contributed by atoms with Crippen LogP contribution in [0.3, 0.4) is 0 Å². The van der Waals surface area contributed by atoms with Crippen LogP contribution in [0.5, 0.6) is 0 Å². The molecule has 0 aromatic rings. The third kappa shape index (κ3) is 3.46. The Morgan fingerprint density at radius 3 is 2.11 bits per heavy atom. The van der Waals surface area contributed by atoms with Crippen molar-refractivity contribution in [2.45, 2.75) is 57.8 Å². The average Bonchev–Trinajstić information content (AvgIpc) is 3.14. The Kier molecular flexibility index (Phi) is 3.92. The Morgan fingerprint density at radius 2 is 1.61 bits per heavy atom. The fraction of sp³-hybridized carbons (Fsp3) is 1.00. The molecule has 2 unspecified atom stereocenters. The van der Waals surface area contributed by atoms with Gasteiger partial charge in [0.15, 0.2) is 0 Å². The minimum atomic E-state index is 0.399. The predicted molar refractivity (Wildman–Crippen MR) is 73.7 cm³/mol. The first-order chi connectivity index (χ1) is 8.72. The van der Waals surface area contributed by atoms with E-state index in [2.05, 4.69) is 24.1 Å². The van der Waals surface area contributed by atoms with Gasteiger partial charge in [0, 0.05) is 32.2 Å². The molecule has 0 spiro atoms. The molecule has 0 aromatic carbocycles. The lowest BCUT2D eigenvalue weighted by atomic mass is 10.1. The lowest BCUT2D eigenvalue weighted by Crippen LogP contribution is -2.48. The molecule has 3 heteroatoms. The zero-order chi connectivity index (χ0) is 12.5. The minimum Gasteiger partial charge on any atom is -0.373 e. The lowest BCUT2D eigenvalue weighted by molar-refractivity contribution is -0.0675. The maximum atomic E-state index is 5.78. The maximum absolute atomic E-state index is 5.78. The van der Waals surface area contributed by atoms with Crippen LogP contribution in [0, 0.1) is 11.8 Å². The second-order valence-electron chi connectivity index (χ2n) is 6.67. The maximum Gasteiger partial charge on any atom is 0.0678 e. The van der Waals surface area contributed by atoms with Gasteiger partial charge in [0.1, 0.15) is 0 Å². The topological polar surface area (TPSA) is 24.5 Å². The van der Waals surface area contributed by atoms with E-state index in [9.17, 15) is 0 Å². The molecule has 2 atom stereocenters. The number of hydrogen-bond acceptors (Lipinski definition) is 3. The van der Waals surface area contributed by atoms with Crippen LogP contribution in [0.4, 0.5) is 0 Å². The van der Waals surface area contributed by atoms with E-state index in [1.165, 1.54) is 32.2 Å². The highest BCUT2D eigenvalue weighted by atomic mass is 16.5. The molecule has 1 heterocycles. The van der Waals surface area contributed by atoms with Gasteiger partial charge in [-0.15, -0.1) is 0 Å². The van der Waals surface area contributed by atoms with E-state index < -0.39 is 0 Å². The number of hydrogen-bond donors (Lipinski definition) is 1. The van der Waals surface area contributed by atoms with Gasteiger partial charge in [0.2, 0.25) is 0 Å². The number of nitrogens with one attached hydrogen (secondary N) is 1. The largest absolute Gasteiger partial charge is 0.373 e. The van der Waals surface area contributed by atoms with Crippen molar-refractivity contribution >= 4 is 0 Å². The highest BCUT2D eigenvalue weighted by molar-refractivity contribution is 4.96. The van der Waals surface area contributed by atoms with Crippen LogP contribution in [0.2, 0.25) is 0 Å².